The van der Waals surface area contributed by atoms with Crippen molar-refractivity contribution in [1.29, 1.82) is 0 Å². The zero-order chi connectivity index (χ0) is 43.3. The molecule has 2 aromatic carbocycles. The Morgan fingerprint density at radius 2 is 0.569 bits per heavy atom. The van der Waals surface area contributed by atoms with Gasteiger partial charge in [0.2, 0.25) is 0 Å². The zero-order valence-electron chi connectivity index (χ0n) is 29.4. The molecule has 0 bridgehead atoms. The molecule has 0 aromatic heterocycles. The van der Waals surface area contributed by atoms with E-state index in [9.17, 15) is 71.9 Å². The standard InChI is InChI=1S/C32H32F12N4O10/c33-29(34,35)25(49)45-13-17-9-21-22(10-18(17)14-46-26(50)30(36,37)38)57-7-3-54-4-8-58-24-12-20(16-48-28(52)32(42,43)44)19(15-47-27(51)31(39,40)41)11-23(24)56-6-2-53-1-5-55-21/h9-12H,1-8,13-16H2,(H,45,49)(H,46,50)(H,47,51)(H,48,52). The number of rotatable bonds is 8. The van der Waals surface area contributed by atoms with Crippen molar-refractivity contribution in [2.75, 3.05) is 52.9 Å². The summed E-state index contributed by atoms with van der Waals surface area (Å²) in [5.41, 5.74) is -0.799. The molecule has 3 rings (SSSR count). The average molecular weight is 861 g/mol. The highest BCUT2D eigenvalue weighted by Crippen LogP contribution is 2.34. The molecule has 14 nitrogen and oxygen atoms in total. The molecule has 4 N–H and O–H groups in total. The second kappa shape index (κ2) is 20.3. The minimum absolute atomic E-state index is 0.173. The number of ether oxygens (including phenoxy) is 6. The first kappa shape index (κ1) is 47.0. The second-order valence-corrected chi connectivity index (χ2v) is 11.5. The topological polar surface area (TPSA) is 172 Å². The number of alkyl halides is 12. The highest BCUT2D eigenvalue weighted by Gasteiger charge is 2.41. The van der Waals surface area contributed by atoms with Gasteiger partial charge in [-0.2, -0.15) is 52.7 Å². The van der Waals surface area contributed by atoms with Gasteiger partial charge in [-0.1, -0.05) is 0 Å². The molecule has 58 heavy (non-hydrogen) atoms. The summed E-state index contributed by atoms with van der Waals surface area (Å²) in [4.78, 5) is 45.8. The molecule has 1 aliphatic rings. The van der Waals surface area contributed by atoms with Crippen LogP contribution < -0.4 is 40.2 Å². The fraction of sp³-hybridized carbons (Fsp3) is 0.500. The minimum Gasteiger partial charge on any atom is -0.487 e. The van der Waals surface area contributed by atoms with E-state index in [0.717, 1.165) is 24.3 Å². The molecule has 0 unspecified atom stereocenters. The highest BCUT2D eigenvalue weighted by atomic mass is 19.4. The van der Waals surface area contributed by atoms with Crippen molar-refractivity contribution in [2.24, 2.45) is 0 Å². The number of halogens is 12. The van der Waals surface area contributed by atoms with Crippen LogP contribution >= 0.6 is 0 Å². The van der Waals surface area contributed by atoms with Crippen LogP contribution in [0, 0.1) is 0 Å². The van der Waals surface area contributed by atoms with Crippen LogP contribution in [-0.4, -0.2) is 101 Å². The quantitative estimate of drug-likeness (QED) is 0.288. The van der Waals surface area contributed by atoms with Crippen molar-refractivity contribution in [3.05, 3.63) is 46.5 Å². The lowest BCUT2D eigenvalue weighted by atomic mass is 10.1. The molecular formula is C32H32F12N4O10. The molecule has 324 valence electrons. The van der Waals surface area contributed by atoms with Crippen molar-refractivity contribution in [2.45, 2.75) is 50.9 Å². The summed E-state index contributed by atoms with van der Waals surface area (Å²) >= 11 is 0. The minimum atomic E-state index is -5.31. The third-order valence-corrected chi connectivity index (χ3v) is 7.26. The van der Waals surface area contributed by atoms with Crippen LogP contribution in [0.1, 0.15) is 22.3 Å². The third kappa shape index (κ3) is 15.2. The van der Waals surface area contributed by atoms with Gasteiger partial charge in [-0.25, -0.2) is 0 Å². The Balaban J connectivity index is 1.83. The number of amides is 4. The van der Waals surface area contributed by atoms with Gasteiger partial charge in [-0.15, -0.1) is 0 Å². The van der Waals surface area contributed by atoms with E-state index in [1.54, 1.807) is 21.3 Å². The average Bonchev–Trinajstić information content (AvgIpc) is 3.12. The monoisotopic (exact) mass is 860 g/mol. The van der Waals surface area contributed by atoms with Gasteiger partial charge >= 0.3 is 48.3 Å². The number of hydrogen-bond acceptors (Lipinski definition) is 10. The third-order valence-electron chi connectivity index (χ3n) is 7.26. The first-order valence-corrected chi connectivity index (χ1v) is 16.3. The van der Waals surface area contributed by atoms with Crippen LogP contribution in [0.15, 0.2) is 24.3 Å². The maximum absolute atomic E-state index is 12.8. The Hall–Kier alpha value is -5.40. The van der Waals surface area contributed by atoms with Gasteiger partial charge in [0.05, 0.1) is 26.4 Å². The molecular weight excluding hydrogens is 828 g/mol. The molecule has 0 saturated heterocycles. The van der Waals surface area contributed by atoms with Crippen molar-refractivity contribution in [1.82, 2.24) is 21.3 Å². The van der Waals surface area contributed by atoms with E-state index in [2.05, 4.69) is 0 Å². The van der Waals surface area contributed by atoms with Crippen LogP contribution in [-0.2, 0) is 54.8 Å². The Bertz CT molecular complexity index is 1500. The van der Waals surface area contributed by atoms with E-state index in [4.69, 9.17) is 28.4 Å². The lowest BCUT2D eigenvalue weighted by Crippen LogP contribution is -2.38. The molecule has 0 saturated carbocycles. The second-order valence-electron chi connectivity index (χ2n) is 11.5. The van der Waals surface area contributed by atoms with Gasteiger partial charge in [0, 0.05) is 26.2 Å². The summed E-state index contributed by atoms with van der Waals surface area (Å²) in [5.74, 6) is -10.2. The predicted molar refractivity (Wildman–Crippen MR) is 168 cm³/mol. The Morgan fingerprint density at radius 1 is 0.379 bits per heavy atom. The first-order valence-electron chi connectivity index (χ1n) is 16.3. The molecule has 0 radical (unpaired) electrons. The van der Waals surface area contributed by atoms with Crippen LogP contribution in [0.3, 0.4) is 0 Å². The van der Waals surface area contributed by atoms with Gasteiger partial charge < -0.3 is 49.7 Å². The summed E-state index contributed by atoms with van der Waals surface area (Å²) < 4.78 is 187. The number of hydrogen-bond donors (Lipinski definition) is 4. The summed E-state index contributed by atoms with van der Waals surface area (Å²) in [6.07, 6.45) is -21.2. The van der Waals surface area contributed by atoms with Crippen molar-refractivity contribution in [3.63, 3.8) is 0 Å². The Kier molecular flexibility index (Phi) is 16.5. The van der Waals surface area contributed by atoms with Gasteiger partial charge in [-0.05, 0) is 46.5 Å². The summed E-state index contributed by atoms with van der Waals surface area (Å²) in [7, 11) is 0. The van der Waals surface area contributed by atoms with Crippen molar-refractivity contribution >= 4 is 23.6 Å². The molecule has 4 amide bonds. The largest absolute Gasteiger partial charge is 0.487 e. The number of benzene rings is 2. The smallest absolute Gasteiger partial charge is 0.471 e. The number of carbonyl (C=O) groups is 4. The van der Waals surface area contributed by atoms with E-state index in [1.165, 1.54) is 0 Å². The van der Waals surface area contributed by atoms with Gasteiger partial charge in [0.25, 0.3) is 0 Å². The normalized spacial score (nSPS) is 15.0. The molecule has 2 aromatic rings. The molecule has 0 fully saturated rings. The van der Waals surface area contributed by atoms with Gasteiger partial charge in [0.15, 0.2) is 23.0 Å². The van der Waals surface area contributed by atoms with Crippen LogP contribution in [0.2, 0.25) is 0 Å². The molecule has 1 aliphatic heterocycles. The number of nitrogens with one attached hydrogen (secondary N) is 4. The Morgan fingerprint density at radius 3 is 0.741 bits per heavy atom. The van der Waals surface area contributed by atoms with Crippen molar-refractivity contribution in [3.8, 4) is 23.0 Å². The van der Waals surface area contributed by atoms with E-state index in [0.29, 0.717) is 0 Å². The highest BCUT2D eigenvalue weighted by molar-refractivity contribution is 5.83. The van der Waals surface area contributed by atoms with Crippen LogP contribution in [0.5, 0.6) is 23.0 Å². The summed E-state index contributed by atoms with van der Waals surface area (Å²) in [6.45, 7) is -5.62. The van der Waals surface area contributed by atoms with Gasteiger partial charge in [0.1, 0.15) is 26.4 Å². The fourth-order valence-corrected chi connectivity index (χ4v) is 4.55. The maximum atomic E-state index is 12.8. The number of fused-ring (bicyclic) bond motifs is 2. The molecule has 0 atom stereocenters. The molecule has 0 spiro atoms. The van der Waals surface area contributed by atoms with E-state index in [-0.39, 0.29) is 98.1 Å². The van der Waals surface area contributed by atoms with E-state index < -0.39 is 74.5 Å². The number of carbonyl (C=O) groups excluding carboxylic acids is 4. The SMILES string of the molecule is O=C(NCc1cc2c(cc1CNC(=O)C(F)(F)F)OCCOCCOc1cc(CNC(=O)C(F)(F)F)c(CNC(=O)C(F)(F)F)cc1OCCOCCO2)C(F)(F)F. The lowest BCUT2D eigenvalue weighted by Gasteiger charge is -2.20. The van der Waals surface area contributed by atoms with Crippen LogP contribution in [0.4, 0.5) is 52.7 Å². The zero-order valence-corrected chi connectivity index (χ0v) is 29.4. The molecule has 0 aliphatic carbocycles. The molecule has 1 heterocycles. The summed E-state index contributed by atoms with van der Waals surface area (Å²) in [5, 5.41) is 6.29. The maximum Gasteiger partial charge on any atom is 0.471 e. The van der Waals surface area contributed by atoms with Gasteiger partial charge in [-0.3, -0.25) is 19.2 Å². The molecule has 26 heteroatoms. The van der Waals surface area contributed by atoms with Crippen molar-refractivity contribution < 1.29 is 100 Å². The predicted octanol–water partition coefficient (Wildman–Crippen LogP) is 3.66. The Labute approximate surface area is 318 Å². The first-order chi connectivity index (χ1) is 27.0. The van der Waals surface area contributed by atoms with E-state index >= 15 is 0 Å². The fourth-order valence-electron chi connectivity index (χ4n) is 4.55. The lowest BCUT2D eigenvalue weighted by molar-refractivity contribution is -0.173. The van der Waals surface area contributed by atoms with E-state index in [1.807, 2.05) is 0 Å². The summed E-state index contributed by atoms with van der Waals surface area (Å²) in [6, 6.07) is 4.24. The van der Waals surface area contributed by atoms with Crippen LogP contribution in [0.25, 0.3) is 0 Å².